The zero-order valence-electron chi connectivity index (χ0n) is 15.3. The highest BCUT2D eigenvalue weighted by atomic mass is 35.5. The van der Waals surface area contributed by atoms with Crippen molar-refractivity contribution in [3.8, 4) is 0 Å². The molecule has 1 fully saturated rings. The molecule has 0 aliphatic carbocycles. The van der Waals surface area contributed by atoms with Gasteiger partial charge in [0.05, 0.1) is 12.6 Å². The Labute approximate surface area is 152 Å². The maximum atomic E-state index is 12.0. The van der Waals surface area contributed by atoms with Crippen molar-refractivity contribution in [1.29, 1.82) is 0 Å². The van der Waals surface area contributed by atoms with Crippen LogP contribution >= 0.6 is 11.6 Å². The van der Waals surface area contributed by atoms with E-state index in [0.717, 1.165) is 6.42 Å². The fourth-order valence-corrected chi connectivity index (χ4v) is 2.13. The third-order valence-electron chi connectivity index (χ3n) is 2.93. The van der Waals surface area contributed by atoms with Gasteiger partial charge in [0.15, 0.2) is 12.4 Å². The van der Waals surface area contributed by atoms with Gasteiger partial charge in [-0.15, -0.1) is 0 Å². The second-order valence-electron chi connectivity index (χ2n) is 6.25. The van der Waals surface area contributed by atoms with E-state index in [2.05, 4.69) is 9.47 Å². The Hall–Kier alpha value is -1.83. The van der Waals surface area contributed by atoms with E-state index in [1.807, 2.05) is 0 Å². The van der Waals surface area contributed by atoms with Gasteiger partial charge in [0.25, 0.3) is 0 Å². The lowest BCUT2D eigenvalue weighted by Crippen LogP contribution is -2.44. The molecule has 1 atom stereocenters. The average molecular weight is 380 g/mol. The van der Waals surface area contributed by atoms with Crippen LogP contribution in [-0.4, -0.2) is 59.6 Å². The van der Waals surface area contributed by atoms with E-state index in [4.69, 9.17) is 16.3 Å². The molecular formula is C16H26ClNO7. The summed E-state index contributed by atoms with van der Waals surface area (Å²) in [5.41, 5.74) is -1.33. The first-order valence-electron chi connectivity index (χ1n) is 7.95. The standard InChI is InChI=1S/C13H21NO5.C3H5ClO2/c1-9(15)18-8-11(16)10-6-5-7-14(10)12(17)19-13(2,3)4;1-2-6-3(4)5/h10H,5-8H2,1-4H3;2H2,1H3/t10-;/m0./s1. The van der Waals surface area contributed by atoms with E-state index in [9.17, 15) is 19.2 Å². The normalized spacial score (nSPS) is 16.4. The molecule has 1 saturated heterocycles. The zero-order chi connectivity index (χ0) is 19.6. The third kappa shape index (κ3) is 10.6. The average Bonchev–Trinajstić information content (AvgIpc) is 2.93. The lowest BCUT2D eigenvalue weighted by Gasteiger charge is -2.27. The van der Waals surface area contributed by atoms with Crippen LogP contribution in [0.2, 0.25) is 0 Å². The molecule has 1 heterocycles. The van der Waals surface area contributed by atoms with Crippen molar-refractivity contribution in [2.24, 2.45) is 0 Å². The van der Waals surface area contributed by atoms with E-state index in [1.165, 1.54) is 11.8 Å². The van der Waals surface area contributed by atoms with Gasteiger partial charge in [-0.2, -0.15) is 0 Å². The van der Waals surface area contributed by atoms with Gasteiger partial charge in [-0.3, -0.25) is 14.5 Å². The van der Waals surface area contributed by atoms with Crippen LogP contribution in [0.3, 0.4) is 0 Å². The minimum absolute atomic E-state index is 0.265. The van der Waals surface area contributed by atoms with Crippen LogP contribution in [0.4, 0.5) is 9.59 Å². The molecule has 0 N–H and O–H groups in total. The van der Waals surface area contributed by atoms with E-state index < -0.39 is 29.1 Å². The van der Waals surface area contributed by atoms with Crippen LogP contribution in [0.15, 0.2) is 0 Å². The fourth-order valence-electron chi connectivity index (χ4n) is 2.02. The van der Waals surface area contributed by atoms with Crippen molar-refractivity contribution in [3.05, 3.63) is 0 Å². The molecule has 0 saturated carbocycles. The molecule has 0 radical (unpaired) electrons. The van der Waals surface area contributed by atoms with Crippen LogP contribution in [0, 0.1) is 0 Å². The van der Waals surface area contributed by atoms with E-state index in [1.54, 1.807) is 27.7 Å². The Kier molecular flexibility index (Phi) is 10.1. The molecule has 0 aromatic rings. The van der Waals surface area contributed by atoms with Gasteiger partial charge in [-0.1, -0.05) is 0 Å². The van der Waals surface area contributed by atoms with Gasteiger partial charge in [-0.25, -0.2) is 9.59 Å². The highest BCUT2D eigenvalue weighted by Gasteiger charge is 2.36. The van der Waals surface area contributed by atoms with Gasteiger partial charge < -0.3 is 14.2 Å². The Morgan fingerprint density at radius 2 is 1.76 bits per heavy atom. The summed E-state index contributed by atoms with van der Waals surface area (Å²) in [5.74, 6) is -0.770. The summed E-state index contributed by atoms with van der Waals surface area (Å²) in [6.07, 6.45) is 0.834. The summed E-state index contributed by atoms with van der Waals surface area (Å²) in [6, 6.07) is -0.547. The summed E-state index contributed by atoms with van der Waals surface area (Å²) in [5, 5.41) is 0. The number of likely N-dealkylation sites (tertiary alicyclic amines) is 1. The monoisotopic (exact) mass is 379 g/mol. The molecule has 0 aromatic heterocycles. The SMILES string of the molecule is CC(=O)OCC(=O)[C@@H]1CCCN1C(=O)OC(C)(C)C.CCOC(=O)Cl. The molecule has 144 valence electrons. The molecule has 1 amide bonds. The number of esters is 1. The van der Waals surface area contributed by atoms with Crippen molar-refractivity contribution >= 4 is 34.9 Å². The van der Waals surface area contributed by atoms with Gasteiger partial charge in [-0.05, 0) is 40.5 Å². The minimum Gasteiger partial charge on any atom is -0.458 e. The number of ketones is 1. The first kappa shape index (κ1) is 23.2. The Morgan fingerprint density at radius 3 is 2.16 bits per heavy atom. The molecule has 0 unspecified atom stereocenters. The van der Waals surface area contributed by atoms with Crippen LogP contribution in [0.5, 0.6) is 0 Å². The number of ether oxygens (including phenoxy) is 3. The molecule has 0 bridgehead atoms. The molecular weight excluding hydrogens is 354 g/mol. The lowest BCUT2D eigenvalue weighted by molar-refractivity contribution is -0.146. The van der Waals surface area contributed by atoms with Crippen molar-refractivity contribution < 1.29 is 33.4 Å². The molecule has 8 nitrogen and oxygen atoms in total. The zero-order valence-corrected chi connectivity index (χ0v) is 16.1. The predicted octanol–water partition coefficient (Wildman–Crippen LogP) is 2.90. The van der Waals surface area contributed by atoms with Crippen LogP contribution < -0.4 is 0 Å². The first-order chi connectivity index (χ1) is 11.5. The van der Waals surface area contributed by atoms with E-state index >= 15 is 0 Å². The highest BCUT2D eigenvalue weighted by Crippen LogP contribution is 2.21. The van der Waals surface area contributed by atoms with Gasteiger partial charge >= 0.3 is 17.5 Å². The Morgan fingerprint density at radius 1 is 1.16 bits per heavy atom. The molecule has 1 rings (SSSR count). The number of halogens is 1. The first-order valence-corrected chi connectivity index (χ1v) is 8.33. The summed E-state index contributed by atoms with van der Waals surface area (Å²) < 4.78 is 14.1. The quantitative estimate of drug-likeness (QED) is 0.420. The molecule has 0 spiro atoms. The van der Waals surface area contributed by atoms with Crippen molar-refractivity contribution in [1.82, 2.24) is 4.90 Å². The molecule has 9 heteroatoms. The van der Waals surface area contributed by atoms with Crippen molar-refractivity contribution in [2.75, 3.05) is 19.8 Å². The second-order valence-corrected chi connectivity index (χ2v) is 6.56. The smallest absolute Gasteiger partial charge is 0.410 e. The summed E-state index contributed by atoms with van der Waals surface area (Å²) in [7, 11) is 0. The Balaban J connectivity index is 0.000000823. The summed E-state index contributed by atoms with van der Waals surface area (Å²) in [6.45, 7) is 8.81. The highest BCUT2D eigenvalue weighted by molar-refractivity contribution is 6.61. The number of amides is 1. The number of nitrogens with zero attached hydrogens (tertiary/aromatic N) is 1. The maximum absolute atomic E-state index is 12.0. The van der Waals surface area contributed by atoms with Crippen molar-refractivity contribution in [2.45, 2.75) is 59.1 Å². The molecule has 1 aliphatic heterocycles. The van der Waals surface area contributed by atoms with E-state index in [0.29, 0.717) is 19.6 Å². The van der Waals surface area contributed by atoms with Gasteiger partial charge in [0.1, 0.15) is 5.60 Å². The van der Waals surface area contributed by atoms with Crippen molar-refractivity contribution in [3.63, 3.8) is 0 Å². The number of carbonyl (C=O) groups is 4. The molecule has 1 aliphatic rings. The van der Waals surface area contributed by atoms with Crippen LogP contribution in [-0.2, 0) is 23.8 Å². The number of hydrogen-bond acceptors (Lipinski definition) is 7. The fraction of sp³-hybridized carbons (Fsp3) is 0.750. The third-order valence-corrected chi connectivity index (χ3v) is 3.04. The van der Waals surface area contributed by atoms with Gasteiger partial charge in [0, 0.05) is 25.1 Å². The predicted molar refractivity (Wildman–Crippen MR) is 90.5 cm³/mol. The topological polar surface area (TPSA) is 99.2 Å². The van der Waals surface area contributed by atoms with Crippen LogP contribution in [0.25, 0.3) is 0 Å². The lowest BCUT2D eigenvalue weighted by atomic mass is 10.1. The summed E-state index contributed by atoms with van der Waals surface area (Å²) >= 11 is 4.72. The number of rotatable bonds is 4. The number of hydrogen-bond donors (Lipinski definition) is 0. The Bertz CT molecular complexity index is 487. The van der Waals surface area contributed by atoms with E-state index in [-0.39, 0.29) is 12.4 Å². The number of Topliss-reactive ketones (excluding diaryl/α,β-unsaturated/α-hetero) is 1. The second kappa shape index (κ2) is 10.9. The maximum Gasteiger partial charge on any atom is 0.410 e. The molecule has 25 heavy (non-hydrogen) atoms. The minimum atomic E-state index is -0.738. The number of carbonyl (C=O) groups excluding carboxylic acids is 4. The van der Waals surface area contributed by atoms with Gasteiger partial charge in [0.2, 0.25) is 0 Å². The largest absolute Gasteiger partial charge is 0.458 e. The van der Waals surface area contributed by atoms with Crippen LogP contribution in [0.1, 0.15) is 47.5 Å². The summed E-state index contributed by atoms with van der Waals surface area (Å²) in [4.78, 5) is 45.5. The molecule has 0 aromatic carbocycles.